The van der Waals surface area contributed by atoms with Gasteiger partial charge in [-0.05, 0) is 31.2 Å². The fraction of sp³-hybridized carbons (Fsp3) is 0.143. The number of Topliss-reactive ketones (excluding diaryl/α,β-unsaturated/α-hetero) is 1. The van der Waals surface area contributed by atoms with Crippen molar-refractivity contribution in [1.29, 1.82) is 0 Å². The quantitative estimate of drug-likeness (QED) is 0.394. The molecule has 0 atom stereocenters. The minimum atomic E-state index is -0.00420. The average Bonchev–Trinajstić information content (AvgIpc) is 3.26. The van der Waals surface area contributed by atoms with Gasteiger partial charge in [0.25, 0.3) is 0 Å². The molecule has 0 aliphatic heterocycles. The number of para-hydroxylation sites is 1. The summed E-state index contributed by atoms with van der Waals surface area (Å²) < 4.78 is 7.45. The van der Waals surface area contributed by atoms with Crippen molar-refractivity contribution >= 4 is 22.5 Å². The van der Waals surface area contributed by atoms with E-state index in [1.54, 1.807) is 42.3 Å². The number of hydrogen-bond acceptors (Lipinski definition) is 6. The first-order valence-electron chi connectivity index (χ1n) is 8.93. The molecule has 0 fully saturated rings. The van der Waals surface area contributed by atoms with Gasteiger partial charge in [0.1, 0.15) is 24.5 Å². The van der Waals surface area contributed by atoms with Gasteiger partial charge in [0, 0.05) is 23.3 Å². The number of rotatable bonds is 7. The third-order valence-electron chi connectivity index (χ3n) is 4.23. The van der Waals surface area contributed by atoms with E-state index < -0.39 is 0 Å². The second-order valence-corrected chi connectivity index (χ2v) is 6.22. The molecule has 0 spiro atoms. The van der Waals surface area contributed by atoms with Crippen molar-refractivity contribution in [2.24, 2.45) is 0 Å². The number of nitrogens with zero attached hydrogens (tertiary/aromatic N) is 4. The van der Waals surface area contributed by atoms with Crippen LogP contribution in [0.25, 0.3) is 16.9 Å². The Hall–Kier alpha value is -3.74. The minimum Gasteiger partial charge on any atom is -0.492 e. The van der Waals surface area contributed by atoms with Crippen LogP contribution in [0, 0.1) is 0 Å². The Bertz CT molecular complexity index is 1090. The van der Waals surface area contributed by atoms with Crippen molar-refractivity contribution in [2.45, 2.75) is 6.92 Å². The lowest BCUT2D eigenvalue weighted by molar-refractivity contribution is 0.101. The number of benzene rings is 2. The van der Waals surface area contributed by atoms with Crippen LogP contribution in [0.2, 0.25) is 0 Å². The van der Waals surface area contributed by atoms with Crippen molar-refractivity contribution in [3.05, 3.63) is 72.8 Å². The Morgan fingerprint density at radius 1 is 1.14 bits per heavy atom. The molecule has 140 valence electrons. The number of ketones is 1. The van der Waals surface area contributed by atoms with Crippen LogP contribution in [0.4, 0.5) is 5.82 Å². The summed E-state index contributed by atoms with van der Waals surface area (Å²) in [6.07, 6.45) is 5.08. The van der Waals surface area contributed by atoms with E-state index in [9.17, 15) is 4.79 Å². The Morgan fingerprint density at radius 2 is 2.00 bits per heavy atom. The second-order valence-electron chi connectivity index (χ2n) is 6.22. The maximum Gasteiger partial charge on any atom is 0.237 e. The Labute approximate surface area is 162 Å². The van der Waals surface area contributed by atoms with Gasteiger partial charge < -0.3 is 10.1 Å². The molecule has 7 nitrogen and oxygen atoms in total. The van der Waals surface area contributed by atoms with E-state index in [-0.39, 0.29) is 5.78 Å². The Morgan fingerprint density at radius 3 is 2.75 bits per heavy atom. The standard InChI is InChI=1S/C21H19N5O2/c1-15(27)16-7-8-18-19(13-16)24-21(26-11-9-22-14-26)25-20(18)23-10-12-28-17-5-3-2-4-6-17/h2-9,11,13-14H,10,12H2,1H3,(H,23,24,25). The van der Waals surface area contributed by atoms with Gasteiger partial charge in [-0.15, -0.1) is 0 Å². The predicted molar refractivity (Wildman–Crippen MR) is 107 cm³/mol. The molecule has 0 aliphatic rings. The maximum atomic E-state index is 11.7. The van der Waals surface area contributed by atoms with Crippen LogP contribution in [-0.2, 0) is 0 Å². The Balaban J connectivity index is 1.60. The molecule has 0 bridgehead atoms. The summed E-state index contributed by atoms with van der Waals surface area (Å²) in [6, 6.07) is 15.1. The average molecular weight is 373 g/mol. The van der Waals surface area contributed by atoms with Crippen LogP contribution in [0.5, 0.6) is 5.75 Å². The molecule has 1 N–H and O–H groups in total. The first-order valence-corrected chi connectivity index (χ1v) is 8.93. The van der Waals surface area contributed by atoms with Gasteiger partial charge in [0.15, 0.2) is 5.78 Å². The largest absolute Gasteiger partial charge is 0.492 e. The van der Waals surface area contributed by atoms with Gasteiger partial charge in [-0.3, -0.25) is 9.36 Å². The molecule has 2 aromatic heterocycles. The summed E-state index contributed by atoms with van der Waals surface area (Å²) >= 11 is 0. The maximum absolute atomic E-state index is 11.7. The first kappa shape index (κ1) is 17.7. The number of nitrogens with one attached hydrogen (secondary N) is 1. The van der Waals surface area contributed by atoms with Crippen LogP contribution in [0.3, 0.4) is 0 Å². The minimum absolute atomic E-state index is 0.00420. The van der Waals surface area contributed by atoms with E-state index in [0.717, 1.165) is 11.1 Å². The van der Waals surface area contributed by atoms with Gasteiger partial charge >= 0.3 is 0 Å². The van der Waals surface area contributed by atoms with Gasteiger partial charge in [-0.1, -0.05) is 24.3 Å². The molecular formula is C21H19N5O2. The summed E-state index contributed by atoms with van der Waals surface area (Å²) in [7, 11) is 0. The molecule has 28 heavy (non-hydrogen) atoms. The number of anilines is 1. The van der Waals surface area contributed by atoms with Crippen LogP contribution in [0.1, 0.15) is 17.3 Å². The van der Waals surface area contributed by atoms with Crippen molar-refractivity contribution in [2.75, 3.05) is 18.5 Å². The highest BCUT2D eigenvalue weighted by atomic mass is 16.5. The van der Waals surface area contributed by atoms with Crippen molar-refractivity contribution in [3.63, 3.8) is 0 Å². The zero-order valence-corrected chi connectivity index (χ0v) is 15.4. The van der Waals surface area contributed by atoms with Crippen LogP contribution < -0.4 is 10.1 Å². The molecule has 0 saturated carbocycles. The van der Waals surface area contributed by atoms with Gasteiger partial charge in [0.05, 0.1) is 12.1 Å². The van der Waals surface area contributed by atoms with E-state index in [1.807, 2.05) is 36.4 Å². The SMILES string of the molecule is CC(=O)c1ccc2c(NCCOc3ccccc3)nc(-n3ccnc3)nc2c1. The summed E-state index contributed by atoms with van der Waals surface area (Å²) in [5.41, 5.74) is 1.30. The molecule has 2 heterocycles. The molecule has 7 heteroatoms. The normalized spacial score (nSPS) is 10.8. The molecule has 0 unspecified atom stereocenters. The van der Waals surface area contributed by atoms with Gasteiger partial charge in [0.2, 0.25) is 5.95 Å². The number of aromatic nitrogens is 4. The summed E-state index contributed by atoms with van der Waals surface area (Å²) in [4.78, 5) is 25.0. The monoisotopic (exact) mass is 373 g/mol. The zero-order chi connectivity index (χ0) is 19.3. The number of hydrogen-bond donors (Lipinski definition) is 1. The van der Waals surface area contributed by atoms with Crippen LogP contribution in [-0.4, -0.2) is 38.5 Å². The van der Waals surface area contributed by atoms with Gasteiger partial charge in [-0.25, -0.2) is 9.97 Å². The summed E-state index contributed by atoms with van der Waals surface area (Å²) in [5, 5.41) is 4.16. The third-order valence-corrected chi connectivity index (χ3v) is 4.23. The molecule has 0 saturated heterocycles. The highest BCUT2D eigenvalue weighted by Crippen LogP contribution is 2.23. The fourth-order valence-electron chi connectivity index (χ4n) is 2.82. The topological polar surface area (TPSA) is 81.9 Å². The van der Waals surface area contributed by atoms with Crippen molar-refractivity contribution in [3.8, 4) is 11.7 Å². The first-order chi connectivity index (χ1) is 13.7. The number of carbonyl (C=O) groups excluding carboxylic acids is 1. The second kappa shape index (κ2) is 7.87. The van der Waals surface area contributed by atoms with Crippen LogP contribution in [0.15, 0.2) is 67.3 Å². The lowest BCUT2D eigenvalue weighted by atomic mass is 10.1. The van der Waals surface area contributed by atoms with Gasteiger partial charge in [-0.2, -0.15) is 4.98 Å². The van der Waals surface area contributed by atoms with E-state index in [0.29, 0.717) is 36.0 Å². The number of imidazole rings is 1. The Kier molecular flexibility index (Phi) is 4.97. The summed E-state index contributed by atoms with van der Waals surface area (Å²) in [5.74, 6) is 1.98. The van der Waals surface area contributed by atoms with E-state index in [4.69, 9.17) is 4.74 Å². The molecule has 0 amide bonds. The molecule has 0 aliphatic carbocycles. The lowest BCUT2D eigenvalue weighted by Crippen LogP contribution is -2.14. The third kappa shape index (κ3) is 3.83. The highest BCUT2D eigenvalue weighted by molar-refractivity contribution is 5.99. The molecule has 4 aromatic rings. The highest BCUT2D eigenvalue weighted by Gasteiger charge is 2.11. The molecule has 2 aromatic carbocycles. The lowest BCUT2D eigenvalue weighted by Gasteiger charge is -2.12. The predicted octanol–water partition coefficient (Wildman–Crippen LogP) is 3.51. The molecular weight excluding hydrogens is 354 g/mol. The van der Waals surface area contributed by atoms with E-state index in [2.05, 4.69) is 20.3 Å². The summed E-state index contributed by atoms with van der Waals surface area (Å²) in [6.45, 7) is 2.60. The van der Waals surface area contributed by atoms with E-state index >= 15 is 0 Å². The number of fused-ring (bicyclic) bond motifs is 1. The molecule has 4 rings (SSSR count). The number of ether oxygens (including phenoxy) is 1. The van der Waals surface area contributed by atoms with Crippen molar-refractivity contribution < 1.29 is 9.53 Å². The van der Waals surface area contributed by atoms with Crippen molar-refractivity contribution in [1.82, 2.24) is 19.5 Å². The zero-order valence-electron chi connectivity index (χ0n) is 15.4. The van der Waals surface area contributed by atoms with Crippen LogP contribution >= 0.6 is 0 Å². The van der Waals surface area contributed by atoms with E-state index in [1.165, 1.54) is 0 Å². The smallest absolute Gasteiger partial charge is 0.237 e. The number of carbonyl (C=O) groups is 1. The molecule has 0 radical (unpaired) electrons. The fourth-order valence-corrected chi connectivity index (χ4v) is 2.82.